The number of nitrogens with zero attached hydrogens (tertiary/aromatic N) is 1. The summed E-state index contributed by atoms with van der Waals surface area (Å²) >= 11 is 1.16. The zero-order chi connectivity index (χ0) is 13.0. The summed E-state index contributed by atoms with van der Waals surface area (Å²) in [5, 5.41) is 6.42. The average molecular weight is 270 g/mol. The average Bonchev–Trinajstić information content (AvgIpc) is 2.82. The van der Waals surface area contributed by atoms with Crippen LogP contribution in [0.5, 0.6) is 0 Å². The van der Waals surface area contributed by atoms with Gasteiger partial charge in [-0.2, -0.15) is 4.37 Å². The van der Waals surface area contributed by atoms with Crippen molar-refractivity contribution in [2.45, 2.75) is 18.4 Å². The number of nitrogens with two attached hydrogens (primary N) is 1. The van der Waals surface area contributed by atoms with Crippen molar-refractivity contribution in [3.63, 3.8) is 0 Å². The fourth-order valence-corrected chi connectivity index (χ4v) is 2.40. The molecule has 0 atom stereocenters. The Labute approximate surface area is 108 Å². The number of hydrogen-bond acceptors (Lipinski definition) is 6. The highest BCUT2D eigenvalue weighted by molar-refractivity contribution is 7.10. The van der Waals surface area contributed by atoms with Crippen molar-refractivity contribution in [1.82, 2.24) is 9.69 Å². The number of ether oxygens (including phenoxy) is 1. The monoisotopic (exact) mass is 270 g/mol. The number of nitrogens with one attached hydrogen (secondary N) is 2. The normalized spacial score (nSPS) is 18.0. The first-order valence-electron chi connectivity index (χ1n) is 5.54. The van der Waals surface area contributed by atoms with Crippen LogP contribution >= 0.6 is 11.5 Å². The molecule has 1 aliphatic heterocycles. The molecule has 98 valence electrons. The van der Waals surface area contributed by atoms with Gasteiger partial charge in [0.1, 0.15) is 5.00 Å². The molecule has 2 rings (SSSR count). The Bertz CT molecular complexity index is 428. The molecule has 1 aromatic rings. The molecule has 1 aliphatic rings. The number of carbonyl (C=O) groups is 2. The maximum Gasteiger partial charge on any atom is 0.405 e. The summed E-state index contributed by atoms with van der Waals surface area (Å²) in [4.78, 5) is 23.2. The number of piperidine rings is 1. The van der Waals surface area contributed by atoms with Gasteiger partial charge in [0.2, 0.25) is 0 Å². The second-order valence-corrected chi connectivity index (χ2v) is 4.83. The smallest absolute Gasteiger partial charge is 0.405 e. The van der Waals surface area contributed by atoms with Crippen LogP contribution in [-0.4, -0.2) is 35.1 Å². The SMILES string of the molecule is NC(=O)OC1(C(=O)Nc2ccns2)CCNCC1. The second-order valence-electron chi connectivity index (χ2n) is 4.00. The molecular formula is C10H14N4O3S. The molecule has 0 bridgehead atoms. The van der Waals surface area contributed by atoms with Gasteiger partial charge in [0.15, 0.2) is 5.60 Å². The third-order valence-corrected chi connectivity index (χ3v) is 3.46. The Kier molecular flexibility index (Phi) is 3.78. The van der Waals surface area contributed by atoms with E-state index in [1.807, 2.05) is 0 Å². The predicted molar refractivity (Wildman–Crippen MR) is 66.2 cm³/mol. The number of rotatable bonds is 3. The zero-order valence-corrected chi connectivity index (χ0v) is 10.5. The van der Waals surface area contributed by atoms with Crippen molar-refractivity contribution >= 4 is 28.5 Å². The van der Waals surface area contributed by atoms with E-state index in [0.29, 0.717) is 30.9 Å². The number of amides is 2. The lowest BCUT2D eigenvalue weighted by Gasteiger charge is -2.34. The topological polar surface area (TPSA) is 106 Å². The third kappa shape index (κ3) is 2.77. The number of hydrogen-bond donors (Lipinski definition) is 3. The largest absolute Gasteiger partial charge is 0.433 e. The third-order valence-electron chi connectivity index (χ3n) is 2.80. The summed E-state index contributed by atoms with van der Waals surface area (Å²) in [6, 6.07) is 1.68. The molecule has 1 aromatic heterocycles. The van der Waals surface area contributed by atoms with Gasteiger partial charge < -0.3 is 21.1 Å². The minimum atomic E-state index is -1.18. The zero-order valence-electron chi connectivity index (χ0n) is 9.64. The molecule has 0 aromatic carbocycles. The van der Waals surface area contributed by atoms with Gasteiger partial charge in [0.05, 0.1) is 0 Å². The molecule has 0 spiro atoms. The summed E-state index contributed by atoms with van der Waals surface area (Å²) in [5.41, 5.74) is 3.87. The van der Waals surface area contributed by atoms with E-state index >= 15 is 0 Å². The van der Waals surface area contributed by atoms with Gasteiger partial charge in [-0.15, -0.1) is 0 Å². The highest BCUT2D eigenvalue weighted by Crippen LogP contribution is 2.26. The molecule has 0 unspecified atom stereocenters. The first-order valence-corrected chi connectivity index (χ1v) is 6.31. The molecule has 18 heavy (non-hydrogen) atoms. The fourth-order valence-electron chi connectivity index (χ4n) is 1.90. The molecule has 8 heteroatoms. The summed E-state index contributed by atoms with van der Waals surface area (Å²) in [6.45, 7) is 1.20. The van der Waals surface area contributed by atoms with Gasteiger partial charge in [-0.3, -0.25) is 4.79 Å². The standard InChI is InChI=1S/C10H14N4O3S/c11-9(16)17-10(2-5-12-6-3-10)8(15)14-7-1-4-13-18-7/h1,4,12H,2-3,5-6H2,(H2,11,16)(H,14,15). The maximum atomic E-state index is 12.2. The van der Waals surface area contributed by atoms with E-state index in [-0.39, 0.29) is 5.91 Å². The van der Waals surface area contributed by atoms with Crippen molar-refractivity contribution in [2.75, 3.05) is 18.4 Å². The van der Waals surface area contributed by atoms with Crippen LogP contribution in [0, 0.1) is 0 Å². The lowest BCUT2D eigenvalue weighted by molar-refractivity contribution is -0.136. The number of anilines is 1. The van der Waals surface area contributed by atoms with E-state index in [1.165, 1.54) is 0 Å². The van der Waals surface area contributed by atoms with Crippen molar-refractivity contribution < 1.29 is 14.3 Å². The first-order chi connectivity index (χ1) is 8.62. The fraction of sp³-hybridized carbons (Fsp3) is 0.500. The molecular weight excluding hydrogens is 256 g/mol. The molecule has 1 saturated heterocycles. The van der Waals surface area contributed by atoms with E-state index in [4.69, 9.17) is 10.5 Å². The summed E-state index contributed by atoms with van der Waals surface area (Å²) in [5.74, 6) is -0.355. The van der Waals surface area contributed by atoms with Crippen LogP contribution in [-0.2, 0) is 9.53 Å². The lowest BCUT2D eigenvalue weighted by Crippen LogP contribution is -2.54. The molecule has 0 saturated carbocycles. The van der Waals surface area contributed by atoms with E-state index < -0.39 is 11.7 Å². The van der Waals surface area contributed by atoms with Crippen LogP contribution in [0.25, 0.3) is 0 Å². The summed E-state index contributed by atoms with van der Waals surface area (Å²) < 4.78 is 8.95. The predicted octanol–water partition coefficient (Wildman–Crippen LogP) is 0.299. The molecule has 2 heterocycles. The number of carbonyl (C=O) groups excluding carboxylic acids is 2. The van der Waals surface area contributed by atoms with E-state index in [9.17, 15) is 9.59 Å². The van der Waals surface area contributed by atoms with Crippen molar-refractivity contribution in [1.29, 1.82) is 0 Å². The van der Waals surface area contributed by atoms with Crippen molar-refractivity contribution in [2.24, 2.45) is 5.73 Å². The minimum absolute atomic E-state index is 0.355. The van der Waals surface area contributed by atoms with Crippen LogP contribution in [0.4, 0.5) is 9.80 Å². The number of aromatic nitrogens is 1. The molecule has 0 aliphatic carbocycles. The Morgan fingerprint density at radius 1 is 1.50 bits per heavy atom. The van der Waals surface area contributed by atoms with Crippen molar-refractivity contribution in [3.8, 4) is 0 Å². The molecule has 2 amide bonds. The van der Waals surface area contributed by atoms with E-state index in [0.717, 1.165) is 11.5 Å². The lowest BCUT2D eigenvalue weighted by atomic mass is 9.91. The quantitative estimate of drug-likeness (QED) is 0.732. The first kappa shape index (κ1) is 12.8. The van der Waals surface area contributed by atoms with Crippen molar-refractivity contribution in [3.05, 3.63) is 12.3 Å². The molecule has 4 N–H and O–H groups in total. The van der Waals surface area contributed by atoms with Crippen LogP contribution in [0.15, 0.2) is 12.3 Å². The van der Waals surface area contributed by atoms with Crippen LogP contribution in [0.3, 0.4) is 0 Å². The van der Waals surface area contributed by atoms with Crippen LogP contribution in [0.1, 0.15) is 12.8 Å². The highest BCUT2D eigenvalue weighted by atomic mass is 32.1. The van der Waals surface area contributed by atoms with E-state index in [2.05, 4.69) is 15.0 Å². The summed E-state index contributed by atoms with van der Waals surface area (Å²) in [6.07, 6.45) is 1.46. The Morgan fingerprint density at radius 2 is 2.22 bits per heavy atom. The molecule has 7 nitrogen and oxygen atoms in total. The number of primary amides is 1. The van der Waals surface area contributed by atoms with Gasteiger partial charge in [-0.25, -0.2) is 4.79 Å². The second kappa shape index (κ2) is 5.32. The highest BCUT2D eigenvalue weighted by Gasteiger charge is 2.43. The van der Waals surface area contributed by atoms with Crippen LogP contribution < -0.4 is 16.4 Å². The van der Waals surface area contributed by atoms with E-state index in [1.54, 1.807) is 12.3 Å². The van der Waals surface area contributed by atoms with Gasteiger partial charge >= 0.3 is 6.09 Å². The Morgan fingerprint density at radius 3 is 2.78 bits per heavy atom. The van der Waals surface area contributed by atoms with Crippen LogP contribution in [0.2, 0.25) is 0 Å². The molecule has 0 radical (unpaired) electrons. The Balaban J connectivity index is 2.12. The van der Waals surface area contributed by atoms with Gasteiger partial charge in [-0.1, -0.05) is 0 Å². The maximum absolute atomic E-state index is 12.2. The summed E-state index contributed by atoms with van der Waals surface area (Å²) in [7, 11) is 0. The minimum Gasteiger partial charge on any atom is -0.433 e. The van der Waals surface area contributed by atoms with Gasteiger partial charge in [0.25, 0.3) is 5.91 Å². The Hall–Kier alpha value is -1.67. The van der Waals surface area contributed by atoms with Gasteiger partial charge in [-0.05, 0) is 30.7 Å². The molecule has 1 fully saturated rings. The van der Waals surface area contributed by atoms with Gasteiger partial charge in [0, 0.05) is 19.0 Å².